The van der Waals surface area contributed by atoms with Crippen molar-refractivity contribution < 1.29 is 13.9 Å². The Morgan fingerprint density at radius 3 is 2.89 bits per heavy atom. The third-order valence-electron chi connectivity index (χ3n) is 3.04. The van der Waals surface area contributed by atoms with Crippen molar-refractivity contribution in [2.45, 2.75) is 6.92 Å². The maximum atomic E-state index is 11.8. The Labute approximate surface area is 104 Å². The molecule has 0 unspecified atom stereocenters. The molecule has 4 nitrogen and oxygen atoms in total. The third-order valence-corrected chi connectivity index (χ3v) is 3.04. The van der Waals surface area contributed by atoms with Gasteiger partial charge in [-0.05, 0) is 19.1 Å². The van der Waals surface area contributed by atoms with Crippen LogP contribution in [0.5, 0.6) is 0 Å². The highest BCUT2D eigenvalue weighted by Gasteiger charge is 2.18. The van der Waals surface area contributed by atoms with Gasteiger partial charge >= 0.3 is 5.97 Å². The summed E-state index contributed by atoms with van der Waals surface area (Å²) in [6.45, 7) is 2.16. The van der Waals surface area contributed by atoms with Crippen LogP contribution in [0.25, 0.3) is 22.1 Å². The predicted molar refractivity (Wildman–Crippen MR) is 68.6 cm³/mol. The zero-order valence-corrected chi connectivity index (χ0v) is 10.3. The van der Waals surface area contributed by atoms with Gasteiger partial charge < -0.3 is 13.7 Å². The zero-order chi connectivity index (χ0) is 12.7. The van der Waals surface area contributed by atoms with Crippen molar-refractivity contribution in [3.63, 3.8) is 0 Å². The highest BCUT2D eigenvalue weighted by molar-refractivity contribution is 6.06. The van der Waals surface area contributed by atoms with Crippen LogP contribution in [0.15, 0.2) is 34.7 Å². The molecule has 3 rings (SSSR count). The Morgan fingerprint density at radius 2 is 2.11 bits per heavy atom. The predicted octanol–water partition coefficient (Wildman–Crippen LogP) is 3.10. The highest BCUT2D eigenvalue weighted by Crippen LogP contribution is 2.30. The van der Waals surface area contributed by atoms with Crippen molar-refractivity contribution in [1.82, 2.24) is 4.57 Å². The average Bonchev–Trinajstić information content (AvgIpc) is 2.87. The molecule has 2 aromatic heterocycles. The molecule has 3 aromatic rings. The molecule has 0 atom stereocenters. The maximum absolute atomic E-state index is 11.8. The Hall–Kier alpha value is -2.23. The fourth-order valence-electron chi connectivity index (χ4n) is 2.24. The van der Waals surface area contributed by atoms with E-state index in [1.54, 1.807) is 13.0 Å². The van der Waals surface area contributed by atoms with Gasteiger partial charge in [-0.3, -0.25) is 0 Å². The van der Waals surface area contributed by atoms with E-state index in [4.69, 9.17) is 9.15 Å². The van der Waals surface area contributed by atoms with Gasteiger partial charge in [0, 0.05) is 18.5 Å². The van der Waals surface area contributed by atoms with Crippen molar-refractivity contribution in [2.75, 3.05) is 6.61 Å². The third kappa shape index (κ3) is 1.42. The van der Waals surface area contributed by atoms with E-state index in [1.165, 1.54) is 0 Å². The summed E-state index contributed by atoms with van der Waals surface area (Å²) >= 11 is 0. The summed E-state index contributed by atoms with van der Waals surface area (Å²) in [5, 5.41) is 1.01. The van der Waals surface area contributed by atoms with Gasteiger partial charge in [0.15, 0.2) is 5.58 Å². The van der Waals surface area contributed by atoms with E-state index in [2.05, 4.69) is 0 Å². The molecule has 4 heteroatoms. The van der Waals surface area contributed by atoms with Crippen LogP contribution >= 0.6 is 0 Å². The summed E-state index contributed by atoms with van der Waals surface area (Å²) in [6.07, 6.45) is 0. The lowest BCUT2D eigenvalue weighted by Crippen LogP contribution is -2.09. The van der Waals surface area contributed by atoms with Crippen LogP contribution in [0.4, 0.5) is 0 Å². The van der Waals surface area contributed by atoms with Crippen molar-refractivity contribution in [1.29, 1.82) is 0 Å². The van der Waals surface area contributed by atoms with Crippen LogP contribution in [0.1, 0.15) is 17.4 Å². The number of fused-ring (bicyclic) bond motifs is 3. The number of para-hydroxylation sites is 1. The number of rotatable bonds is 2. The van der Waals surface area contributed by atoms with Crippen LogP contribution in [-0.2, 0) is 11.8 Å². The Bertz CT molecular complexity index is 736. The molecule has 92 valence electrons. The zero-order valence-electron chi connectivity index (χ0n) is 10.3. The Balaban J connectivity index is 2.26. The fraction of sp³-hybridized carbons (Fsp3) is 0.214. The van der Waals surface area contributed by atoms with Gasteiger partial charge in [0.2, 0.25) is 0 Å². The van der Waals surface area contributed by atoms with Crippen molar-refractivity contribution in [3.05, 3.63) is 36.0 Å². The first-order chi connectivity index (χ1) is 8.72. The van der Waals surface area contributed by atoms with Crippen LogP contribution < -0.4 is 0 Å². The van der Waals surface area contributed by atoms with E-state index in [1.807, 2.05) is 35.9 Å². The van der Waals surface area contributed by atoms with Crippen LogP contribution in [0, 0.1) is 0 Å². The summed E-state index contributed by atoms with van der Waals surface area (Å²) in [5.74, 6) is -0.324. The molecule has 18 heavy (non-hydrogen) atoms. The number of ether oxygens (including phenoxy) is 1. The molecule has 0 amide bonds. The molecule has 1 aromatic carbocycles. The van der Waals surface area contributed by atoms with Gasteiger partial charge in [-0.1, -0.05) is 12.1 Å². The quantitative estimate of drug-likeness (QED) is 0.649. The summed E-state index contributed by atoms with van der Waals surface area (Å²) < 4.78 is 12.6. The van der Waals surface area contributed by atoms with Gasteiger partial charge in [0.1, 0.15) is 11.3 Å². The lowest BCUT2D eigenvalue weighted by Gasteiger charge is -2.03. The molecule has 0 radical (unpaired) electrons. The number of hydrogen-bond acceptors (Lipinski definition) is 3. The minimum absolute atomic E-state index is 0.324. The fourth-order valence-corrected chi connectivity index (χ4v) is 2.24. The Morgan fingerprint density at radius 1 is 1.33 bits per heavy atom. The summed E-state index contributed by atoms with van der Waals surface area (Å²) in [6, 6.07) is 9.51. The molecule has 0 fully saturated rings. The molecule has 0 spiro atoms. The molecule has 0 aliphatic carbocycles. The highest BCUT2D eigenvalue weighted by atomic mass is 16.5. The second kappa shape index (κ2) is 3.91. The molecular weight excluding hydrogens is 230 g/mol. The molecule has 0 bridgehead atoms. The summed E-state index contributed by atoms with van der Waals surface area (Å²) in [4.78, 5) is 11.8. The first kappa shape index (κ1) is 10.9. The number of benzene rings is 1. The molecule has 0 saturated heterocycles. The monoisotopic (exact) mass is 243 g/mol. The minimum Gasteiger partial charge on any atom is -0.461 e. The van der Waals surface area contributed by atoms with Crippen LogP contribution in [-0.4, -0.2) is 17.1 Å². The van der Waals surface area contributed by atoms with Crippen molar-refractivity contribution in [3.8, 4) is 0 Å². The van der Waals surface area contributed by atoms with Crippen LogP contribution in [0.2, 0.25) is 0 Å². The molecular formula is C14H13NO3. The van der Waals surface area contributed by atoms with E-state index in [9.17, 15) is 4.79 Å². The van der Waals surface area contributed by atoms with Gasteiger partial charge in [-0.25, -0.2) is 4.79 Å². The second-order valence-corrected chi connectivity index (χ2v) is 4.12. The van der Waals surface area contributed by atoms with Gasteiger partial charge in [-0.15, -0.1) is 0 Å². The largest absolute Gasteiger partial charge is 0.461 e. The standard InChI is InChI=1S/C14H13NO3/c1-3-17-14(16)10-8-12-13(15(10)2)9-6-4-5-7-11(9)18-12/h4-8H,3H2,1-2H3. The van der Waals surface area contributed by atoms with Crippen molar-refractivity contribution >= 4 is 28.0 Å². The van der Waals surface area contributed by atoms with E-state index < -0.39 is 0 Å². The number of nitrogens with zero attached hydrogens (tertiary/aromatic N) is 1. The second-order valence-electron chi connectivity index (χ2n) is 4.12. The molecule has 0 saturated carbocycles. The van der Waals surface area contributed by atoms with E-state index in [0.29, 0.717) is 17.9 Å². The molecule has 0 N–H and O–H groups in total. The number of esters is 1. The van der Waals surface area contributed by atoms with Gasteiger partial charge in [0.25, 0.3) is 0 Å². The summed E-state index contributed by atoms with van der Waals surface area (Å²) in [5.41, 5.74) is 2.97. The molecule has 0 aliphatic rings. The normalized spacial score (nSPS) is 11.2. The Kier molecular flexibility index (Phi) is 2.37. The maximum Gasteiger partial charge on any atom is 0.355 e. The first-order valence-electron chi connectivity index (χ1n) is 5.86. The average molecular weight is 243 g/mol. The molecule has 2 heterocycles. The number of furan rings is 1. The SMILES string of the molecule is CCOC(=O)c1cc2oc3ccccc3c2n1C. The number of carbonyl (C=O) groups is 1. The molecule has 0 aliphatic heterocycles. The lowest BCUT2D eigenvalue weighted by atomic mass is 10.2. The minimum atomic E-state index is -0.324. The van der Waals surface area contributed by atoms with E-state index in [-0.39, 0.29) is 5.97 Å². The van der Waals surface area contributed by atoms with E-state index in [0.717, 1.165) is 16.5 Å². The number of aromatic nitrogens is 1. The first-order valence-corrected chi connectivity index (χ1v) is 5.86. The van der Waals surface area contributed by atoms with E-state index >= 15 is 0 Å². The number of carbonyl (C=O) groups excluding carboxylic acids is 1. The topological polar surface area (TPSA) is 44.4 Å². The number of aryl methyl sites for hydroxylation is 1. The number of hydrogen-bond donors (Lipinski definition) is 0. The lowest BCUT2D eigenvalue weighted by molar-refractivity contribution is 0.0516. The van der Waals surface area contributed by atoms with Gasteiger partial charge in [0.05, 0.1) is 12.1 Å². The van der Waals surface area contributed by atoms with Crippen molar-refractivity contribution in [2.24, 2.45) is 7.05 Å². The van der Waals surface area contributed by atoms with Crippen LogP contribution in [0.3, 0.4) is 0 Å². The smallest absolute Gasteiger partial charge is 0.355 e. The summed E-state index contributed by atoms with van der Waals surface area (Å²) in [7, 11) is 1.84. The van der Waals surface area contributed by atoms with Gasteiger partial charge in [-0.2, -0.15) is 0 Å².